The number of aromatic amines is 1. The molecule has 9 heteroatoms. The summed E-state index contributed by atoms with van der Waals surface area (Å²) >= 11 is 0. The molecule has 2 N–H and O–H groups in total. The van der Waals surface area contributed by atoms with E-state index in [-0.39, 0.29) is 5.69 Å². The second-order valence-electron chi connectivity index (χ2n) is 4.72. The lowest BCUT2D eigenvalue weighted by Gasteiger charge is -2.08. The van der Waals surface area contributed by atoms with Gasteiger partial charge in [0.2, 0.25) is 5.43 Å². The smallest absolute Gasteiger partial charge is 0.433 e. The van der Waals surface area contributed by atoms with E-state index in [9.17, 15) is 32.7 Å². The van der Waals surface area contributed by atoms with Gasteiger partial charge in [-0.1, -0.05) is 18.2 Å². The maximum atomic E-state index is 13.1. The molecule has 2 aromatic carbocycles. The fourth-order valence-electron chi connectivity index (χ4n) is 2.24. The molecule has 0 amide bonds. The monoisotopic (exact) mass is 324 g/mol. The van der Waals surface area contributed by atoms with E-state index in [2.05, 4.69) is 0 Å². The van der Waals surface area contributed by atoms with Crippen LogP contribution in [0.25, 0.3) is 16.8 Å². The van der Waals surface area contributed by atoms with Crippen LogP contribution in [0.5, 0.6) is 5.75 Å². The van der Waals surface area contributed by atoms with E-state index < -0.39 is 45.2 Å². The van der Waals surface area contributed by atoms with E-state index in [0.29, 0.717) is 4.68 Å². The summed E-state index contributed by atoms with van der Waals surface area (Å²) in [6.07, 6.45) is -4.99. The number of halogens is 3. The standard InChI is InChI=1S/C14H7F3N2O4/c15-14(16,17)12-8(7-9(20)11(22)10(7)21)13(23)19(18-12)6-4-2-1-3-5-6/h1-5,18,20H. The Morgan fingerprint density at radius 3 is 2.09 bits per heavy atom. The van der Waals surface area contributed by atoms with Crippen molar-refractivity contribution in [2.75, 3.05) is 0 Å². The van der Waals surface area contributed by atoms with Gasteiger partial charge in [0.05, 0.1) is 16.8 Å². The van der Waals surface area contributed by atoms with Gasteiger partial charge in [0.1, 0.15) is 0 Å². The van der Waals surface area contributed by atoms with Crippen LogP contribution >= 0.6 is 0 Å². The average molecular weight is 324 g/mol. The lowest BCUT2D eigenvalue weighted by molar-refractivity contribution is -0.140. The maximum Gasteiger partial charge on any atom is 0.433 e. The van der Waals surface area contributed by atoms with Gasteiger partial charge in [-0.15, -0.1) is 0 Å². The fourth-order valence-corrected chi connectivity index (χ4v) is 2.24. The van der Waals surface area contributed by atoms with Gasteiger partial charge in [-0.3, -0.25) is 19.5 Å². The Morgan fingerprint density at radius 2 is 1.57 bits per heavy atom. The summed E-state index contributed by atoms with van der Waals surface area (Å²) in [6, 6.07) is 7.37. The largest absolute Gasteiger partial charge is 0.503 e. The van der Waals surface area contributed by atoms with E-state index in [1.54, 1.807) is 6.07 Å². The van der Waals surface area contributed by atoms with Crippen LogP contribution in [0.2, 0.25) is 0 Å². The number of aromatic nitrogens is 2. The minimum Gasteiger partial charge on any atom is -0.503 e. The highest BCUT2D eigenvalue weighted by atomic mass is 19.4. The number of hydrogen-bond donors (Lipinski definition) is 2. The molecule has 0 bridgehead atoms. The van der Waals surface area contributed by atoms with Crippen molar-refractivity contribution in [2.45, 2.75) is 6.18 Å². The van der Waals surface area contributed by atoms with Gasteiger partial charge >= 0.3 is 6.18 Å². The van der Waals surface area contributed by atoms with Crippen LogP contribution in [0.4, 0.5) is 13.2 Å². The van der Waals surface area contributed by atoms with Crippen molar-refractivity contribution in [1.82, 2.24) is 9.78 Å². The molecule has 3 aromatic rings. The number of aromatic hydroxyl groups is 1. The molecule has 0 saturated heterocycles. The summed E-state index contributed by atoms with van der Waals surface area (Å²) in [4.78, 5) is 34.8. The zero-order chi connectivity index (χ0) is 16.9. The van der Waals surface area contributed by atoms with E-state index in [1.807, 2.05) is 5.10 Å². The third-order valence-electron chi connectivity index (χ3n) is 3.32. The van der Waals surface area contributed by atoms with Gasteiger partial charge in [-0.25, -0.2) is 4.68 Å². The van der Waals surface area contributed by atoms with Crippen molar-refractivity contribution in [1.29, 1.82) is 0 Å². The summed E-state index contributed by atoms with van der Waals surface area (Å²) in [7, 11) is 0. The molecule has 0 saturated carbocycles. The normalized spacial score (nSPS) is 12.0. The molecule has 3 rings (SSSR count). The molecule has 0 radical (unpaired) electrons. The first-order valence-electron chi connectivity index (χ1n) is 6.23. The summed E-state index contributed by atoms with van der Waals surface area (Å²) in [6.45, 7) is 0. The Labute approximate surface area is 124 Å². The Morgan fingerprint density at radius 1 is 0.957 bits per heavy atom. The molecule has 0 unspecified atom stereocenters. The van der Waals surface area contributed by atoms with E-state index in [1.165, 1.54) is 24.3 Å². The topological polar surface area (TPSA) is 92.2 Å². The van der Waals surface area contributed by atoms with Gasteiger partial charge in [-0.2, -0.15) is 13.2 Å². The number of nitrogens with one attached hydrogen (secondary N) is 1. The molecular weight excluding hydrogens is 317 g/mol. The van der Waals surface area contributed by atoms with Gasteiger partial charge in [0.15, 0.2) is 11.4 Å². The van der Waals surface area contributed by atoms with E-state index in [4.69, 9.17) is 0 Å². The van der Waals surface area contributed by atoms with Crippen molar-refractivity contribution in [3.63, 3.8) is 0 Å². The molecule has 118 valence electrons. The zero-order valence-electron chi connectivity index (χ0n) is 11.1. The Hall–Kier alpha value is -3.10. The Kier molecular flexibility index (Phi) is 3.03. The first-order valence-corrected chi connectivity index (χ1v) is 6.23. The minimum atomic E-state index is -4.99. The quantitative estimate of drug-likeness (QED) is 0.692. The number of nitrogens with zero attached hydrogens (tertiary/aromatic N) is 1. The predicted octanol–water partition coefficient (Wildman–Crippen LogP) is 1.15. The van der Waals surface area contributed by atoms with Crippen LogP contribution < -0.4 is 16.4 Å². The Balaban J connectivity index is 2.36. The predicted molar refractivity (Wildman–Crippen MR) is 73.4 cm³/mol. The molecule has 0 spiro atoms. The number of hydrogen-bond acceptors (Lipinski definition) is 4. The number of rotatable bonds is 2. The molecule has 0 atom stereocenters. The molecule has 1 heterocycles. The molecule has 0 aliphatic carbocycles. The molecule has 6 nitrogen and oxygen atoms in total. The summed E-state index contributed by atoms with van der Waals surface area (Å²) in [5.74, 6) is -1.14. The van der Waals surface area contributed by atoms with Crippen LogP contribution in [-0.4, -0.2) is 14.9 Å². The number of para-hydroxylation sites is 1. The maximum absolute atomic E-state index is 13.1. The van der Waals surface area contributed by atoms with Gasteiger partial charge in [0, 0.05) is 0 Å². The number of H-pyrrole nitrogens is 1. The highest BCUT2D eigenvalue weighted by molar-refractivity contribution is 5.75. The van der Waals surface area contributed by atoms with Gasteiger partial charge in [-0.05, 0) is 12.1 Å². The van der Waals surface area contributed by atoms with E-state index in [0.717, 1.165) is 0 Å². The molecule has 23 heavy (non-hydrogen) atoms. The number of benzene rings is 1. The second kappa shape index (κ2) is 4.70. The Bertz CT molecular complexity index is 1020. The third kappa shape index (κ3) is 2.08. The summed E-state index contributed by atoms with van der Waals surface area (Å²) < 4.78 is 40.0. The van der Waals surface area contributed by atoms with Crippen LogP contribution in [0.15, 0.2) is 44.7 Å². The van der Waals surface area contributed by atoms with Crippen molar-refractivity contribution in [3.05, 3.63) is 66.8 Å². The number of alkyl halides is 3. The highest BCUT2D eigenvalue weighted by Crippen LogP contribution is 2.35. The van der Waals surface area contributed by atoms with Crippen LogP contribution in [-0.2, 0) is 6.18 Å². The van der Waals surface area contributed by atoms with Crippen LogP contribution in [0.1, 0.15) is 5.69 Å². The average Bonchev–Trinajstić information content (AvgIpc) is 2.85. The third-order valence-corrected chi connectivity index (χ3v) is 3.32. The molecule has 1 aromatic heterocycles. The van der Waals surface area contributed by atoms with Crippen molar-refractivity contribution >= 4 is 0 Å². The van der Waals surface area contributed by atoms with E-state index >= 15 is 0 Å². The molecule has 0 fully saturated rings. The zero-order valence-corrected chi connectivity index (χ0v) is 11.1. The molecular formula is C14H7F3N2O4. The SMILES string of the molecule is O=c1c(O)c(-c2c(C(F)(F)F)[nH]n(-c3ccccc3)c2=O)c1=O. The first kappa shape index (κ1) is 14.8. The van der Waals surface area contributed by atoms with Crippen LogP contribution in [0.3, 0.4) is 0 Å². The highest BCUT2D eigenvalue weighted by Gasteiger charge is 2.41. The van der Waals surface area contributed by atoms with Crippen molar-refractivity contribution in [2.24, 2.45) is 0 Å². The summed E-state index contributed by atoms with van der Waals surface area (Å²) in [5, 5.41) is 11.3. The van der Waals surface area contributed by atoms with Crippen molar-refractivity contribution in [3.8, 4) is 22.6 Å². The second-order valence-corrected chi connectivity index (χ2v) is 4.72. The van der Waals surface area contributed by atoms with Gasteiger partial charge in [0.25, 0.3) is 11.0 Å². The minimum absolute atomic E-state index is 0.104. The summed E-state index contributed by atoms with van der Waals surface area (Å²) in [5.41, 5.74) is -7.22. The lowest BCUT2D eigenvalue weighted by Crippen LogP contribution is -2.34. The molecule has 0 aliphatic rings. The van der Waals surface area contributed by atoms with Crippen LogP contribution in [0, 0.1) is 0 Å². The lowest BCUT2D eigenvalue weighted by atomic mass is 10.00. The van der Waals surface area contributed by atoms with Gasteiger partial charge < -0.3 is 5.11 Å². The molecule has 0 aliphatic heterocycles. The first-order chi connectivity index (χ1) is 10.7. The fraction of sp³-hybridized carbons (Fsp3) is 0.0714. The van der Waals surface area contributed by atoms with Crippen molar-refractivity contribution < 1.29 is 18.3 Å².